The van der Waals surface area contributed by atoms with Crippen molar-refractivity contribution in [1.82, 2.24) is 0 Å². The first kappa shape index (κ1) is 22.5. The quantitative estimate of drug-likeness (QED) is 0.232. The zero-order chi connectivity index (χ0) is 22.3. The summed E-state index contributed by atoms with van der Waals surface area (Å²) in [6.07, 6.45) is 11.0. The second-order valence-corrected chi connectivity index (χ2v) is 7.05. The average molecular weight is 415 g/mol. The third-order valence-electron chi connectivity index (χ3n) is 4.55. The molecular weight excluding hydrogens is 388 g/mol. The minimum atomic E-state index is -0.0114. The third-order valence-corrected chi connectivity index (χ3v) is 4.55. The largest absolute Gasteiger partial charge is 0.290 e. The van der Waals surface area contributed by atoms with Crippen molar-refractivity contribution in [3.63, 3.8) is 0 Å². The van der Waals surface area contributed by atoms with Gasteiger partial charge in [0.2, 0.25) is 0 Å². The van der Waals surface area contributed by atoms with Crippen molar-refractivity contribution < 1.29 is 4.79 Å². The van der Waals surface area contributed by atoms with Gasteiger partial charge in [0.25, 0.3) is 0 Å². The van der Waals surface area contributed by atoms with Crippen LogP contribution in [0.25, 0.3) is 24.3 Å². The molecule has 0 aromatic heterocycles. The van der Waals surface area contributed by atoms with Crippen LogP contribution in [0.1, 0.15) is 22.3 Å². The van der Waals surface area contributed by atoms with E-state index in [2.05, 4.69) is 36.4 Å². The van der Waals surface area contributed by atoms with Gasteiger partial charge in [-0.15, -0.1) is 0 Å². The molecule has 32 heavy (non-hydrogen) atoms. The predicted molar refractivity (Wildman–Crippen MR) is 138 cm³/mol. The first-order valence-corrected chi connectivity index (χ1v) is 10.6. The van der Waals surface area contributed by atoms with Gasteiger partial charge in [0, 0.05) is 0 Å². The molecule has 4 rings (SSSR count). The molecule has 0 radical (unpaired) electrons. The minimum absolute atomic E-state index is 0.0114. The molecule has 0 aliphatic carbocycles. The summed E-state index contributed by atoms with van der Waals surface area (Å²) >= 11 is 0. The van der Waals surface area contributed by atoms with Crippen molar-refractivity contribution >= 4 is 30.1 Å². The Morgan fingerprint density at radius 1 is 0.375 bits per heavy atom. The molecular formula is C31H26O. The smallest absolute Gasteiger partial charge is 0.178 e. The van der Waals surface area contributed by atoms with Crippen molar-refractivity contribution in [2.75, 3.05) is 0 Å². The fraction of sp³-hybridized carbons (Fsp3) is 0. The Morgan fingerprint density at radius 2 is 0.625 bits per heavy atom. The van der Waals surface area contributed by atoms with Crippen LogP contribution in [0.2, 0.25) is 0 Å². The maximum atomic E-state index is 11.6. The highest BCUT2D eigenvalue weighted by Gasteiger charge is 1.90. The summed E-state index contributed by atoms with van der Waals surface area (Å²) in [5.41, 5.74) is 4.52. The standard InChI is InChI=1S/C17H14O.C14H12/c18-17(13-11-15-7-3-1-4-8-15)14-12-16-9-5-2-6-10-16;1-3-7-13(8-4-1)11-12-14-9-5-2-6-10-14/h1-14H;1-12H. The van der Waals surface area contributed by atoms with Gasteiger partial charge in [-0.05, 0) is 34.4 Å². The Morgan fingerprint density at radius 3 is 0.906 bits per heavy atom. The number of hydrogen-bond acceptors (Lipinski definition) is 1. The number of hydrogen-bond donors (Lipinski definition) is 0. The molecule has 4 aromatic rings. The fourth-order valence-corrected chi connectivity index (χ4v) is 2.86. The highest BCUT2D eigenvalue weighted by molar-refractivity contribution is 6.04. The number of ketones is 1. The summed E-state index contributed by atoms with van der Waals surface area (Å²) < 4.78 is 0. The summed E-state index contributed by atoms with van der Waals surface area (Å²) in [6.45, 7) is 0. The molecule has 0 saturated heterocycles. The van der Waals surface area contributed by atoms with Crippen molar-refractivity contribution in [2.24, 2.45) is 0 Å². The molecule has 0 saturated carbocycles. The maximum absolute atomic E-state index is 11.6. The predicted octanol–water partition coefficient (Wildman–Crippen LogP) is 7.84. The van der Waals surface area contributed by atoms with Crippen LogP contribution in [0.15, 0.2) is 133 Å². The van der Waals surface area contributed by atoms with Crippen LogP contribution in [0.3, 0.4) is 0 Å². The maximum Gasteiger partial charge on any atom is 0.178 e. The summed E-state index contributed by atoms with van der Waals surface area (Å²) in [5, 5.41) is 0. The van der Waals surface area contributed by atoms with Crippen LogP contribution in [-0.2, 0) is 4.79 Å². The van der Waals surface area contributed by atoms with Gasteiger partial charge in [-0.2, -0.15) is 0 Å². The molecule has 0 atom stereocenters. The zero-order valence-corrected chi connectivity index (χ0v) is 17.9. The first-order chi connectivity index (χ1) is 15.8. The van der Waals surface area contributed by atoms with E-state index in [1.54, 1.807) is 12.2 Å². The van der Waals surface area contributed by atoms with E-state index in [9.17, 15) is 4.79 Å². The number of carbonyl (C=O) groups is 1. The van der Waals surface area contributed by atoms with Crippen LogP contribution in [-0.4, -0.2) is 5.78 Å². The summed E-state index contributed by atoms with van der Waals surface area (Å²) in [7, 11) is 0. The lowest BCUT2D eigenvalue weighted by Gasteiger charge is -1.92. The average Bonchev–Trinajstić information content (AvgIpc) is 2.88. The second kappa shape index (κ2) is 13.1. The lowest BCUT2D eigenvalue weighted by molar-refractivity contribution is -0.110. The summed E-state index contributed by atoms with van der Waals surface area (Å²) in [5.74, 6) is -0.0114. The van der Waals surface area contributed by atoms with Crippen LogP contribution in [0.4, 0.5) is 0 Å². The van der Waals surface area contributed by atoms with Gasteiger partial charge in [0.05, 0.1) is 0 Å². The van der Waals surface area contributed by atoms with E-state index < -0.39 is 0 Å². The van der Waals surface area contributed by atoms with E-state index in [1.165, 1.54) is 11.1 Å². The van der Waals surface area contributed by atoms with Gasteiger partial charge in [-0.3, -0.25) is 4.79 Å². The van der Waals surface area contributed by atoms with Crippen LogP contribution < -0.4 is 0 Å². The Kier molecular flexibility index (Phi) is 9.23. The van der Waals surface area contributed by atoms with Gasteiger partial charge >= 0.3 is 0 Å². The second-order valence-electron chi connectivity index (χ2n) is 7.05. The van der Waals surface area contributed by atoms with E-state index in [4.69, 9.17) is 0 Å². The number of carbonyl (C=O) groups excluding carboxylic acids is 1. The van der Waals surface area contributed by atoms with Crippen molar-refractivity contribution in [2.45, 2.75) is 0 Å². The molecule has 0 heterocycles. The Balaban J connectivity index is 0.000000186. The minimum Gasteiger partial charge on any atom is -0.290 e. The van der Waals surface area contributed by atoms with E-state index in [0.717, 1.165) is 11.1 Å². The molecule has 1 nitrogen and oxygen atoms in total. The molecule has 0 N–H and O–H groups in total. The Bertz CT molecular complexity index is 1050. The normalized spacial score (nSPS) is 10.9. The van der Waals surface area contributed by atoms with Gasteiger partial charge in [0.1, 0.15) is 0 Å². The lowest BCUT2D eigenvalue weighted by Crippen LogP contribution is -1.84. The highest BCUT2D eigenvalue weighted by atomic mass is 16.1. The van der Waals surface area contributed by atoms with Crippen LogP contribution in [0.5, 0.6) is 0 Å². The topological polar surface area (TPSA) is 17.1 Å². The molecule has 0 spiro atoms. The summed E-state index contributed by atoms with van der Waals surface area (Å²) in [6, 6.07) is 40.2. The van der Waals surface area contributed by atoms with Gasteiger partial charge in [-0.25, -0.2) is 0 Å². The molecule has 0 amide bonds. The van der Waals surface area contributed by atoms with Gasteiger partial charge in [0.15, 0.2) is 5.78 Å². The molecule has 0 aliphatic heterocycles. The van der Waals surface area contributed by atoms with E-state index >= 15 is 0 Å². The van der Waals surface area contributed by atoms with Crippen molar-refractivity contribution in [1.29, 1.82) is 0 Å². The fourth-order valence-electron chi connectivity index (χ4n) is 2.86. The third kappa shape index (κ3) is 8.64. The molecule has 0 aliphatic rings. The molecule has 0 unspecified atom stereocenters. The SMILES string of the molecule is C(=Cc1ccccc1)c1ccccc1.O=C(C=Cc1ccccc1)C=Cc1ccccc1. The highest BCUT2D eigenvalue weighted by Crippen LogP contribution is 2.07. The van der Waals surface area contributed by atoms with Gasteiger partial charge < -0.3 is 0 Å². The summed E-state index contributed by atoms with van der Waals surface area (Å²) in [4.78, 5) is 11.6. The number of rotatable bonds is 6. The Labute approximate surface area is 190 Å². The molecule has 0 bridgehead atoms. The van der Waals surface area contributed by atoms with Gasteiger partial charge in [-0.1, -0.05) is 146 Å². The molecule has 1 heteroatoms. The van der Waals surface area contributed by atoms with Crippen LogP contribution >= 0.6 is 0 Å². The zero-order valence-electron chi connectivity index (χ0n) is 17.9. The molecule has 0 fully saturated rings. The van der Waals surface area contributed by atoms with Crippen LogP contribution in [0, 0.1) is 0 Å². The van der Waals surface area contributed by atoms with E-state index in [-0.39, 0.29) is 5.78 Å². The molecule has 156 valence electrons. The van der Waals surface area contributed by atoms with E-state index in [0.29, 0.717) is 0 Å². The lowest BCUT2D eigenvalue weighted by atomic mass is 10.1. The van der Waals surface area contributed by atoms with Crippen molar-refractivity contribution in [3.05, 3.63) is 156 Å². The first-order valence-electron chi connectivity index (χ1n) is 10.6. The number of benzene rings is 4. The Hall–Kier alpha value is -4.23. The van der Waals surface area contributed by atoms with Crippen molar-refractivity contribution in [3.8, 4) is 0 Å². The number of allylic oxidation sites excluding steroid dienone is 2. The monoisotopic (exact) mass is 414 g/mol. The van der Waals surface area contributed by atoms with E-state index in [1.807, 2.05) is 109 Å². The molecule has 4 aromatic carbocycles.